The second-order valence-electron chi connectivity index (χ2n) is 7.97. The molecular formula is C27H26. The largest absolute Gasteiger partial charge is 0.0651 e. The van der Waals surface area contributed by atoms with Crippen LogP contribution in [0.5, 0.6) is 0 Å². The van der Waals surface area contributed by atoms with Crippen molar-refractivity contribution in [3.63, 3.8) is 0 Å². The number of fused-ring (bicyclic) bond motifs is 4. The van der Waals surface area contributed by atoms with Gasteiger partial charge in [-0.1, -0.05) is 86.8 Å². The highest BCUT2D eigenvalue weighted by Gasteiger charge is 2.28. The Hall–Kier alpha value is -2.60. The molecule has 0 saturated carbocycles. The number of hydrogen-bond donors (Lipinski definition) is 0. The predicted molar refractivity (Wildman–Crippen MR) is 119 cm³/mol. The van der Waals surface area contributed by atoms with Crippen LogP contribution >= 0.6 is 0 Å². The molecule has 1 aliphatic carbocycles. The summed E-state index contributed by atoms with van der Waals surface area (Å²) < 4.78 is 0. The Labute approximate surface area is 161 Å². The minimum atomic E-state index is 1.14. The first-order valence-corrected chi connectivity index (χ1v) is 10.3. The molecule has 4 aromatic carbocycles. The monoisotopic (exact) mass is 350 g/mol. The predicted octanol–water partition coefficient (Wildman–Crippen LogP) is 7.85. The molecule has 0 fully saturated rings. The maximum Gasteiger partial charge on any atom is -0.00262 e. The molecule has 5 rings (SSSR count). The summed E-state index contributed by atoms with van der Waals surface area (Å²) in [4.78, 5) is 0. The van der Waals surface area contributed by atoms with E-state index in [1.54, 1.807) is 11.1 Å². The van der Waals surface area contributed by atoms with Gasteiger partial charge in [-0.15, -0.1) is 0 Å². The molecule has 0 unspecified atom stereocenters. The topological polar surface area (TPSA) is 0 Å². The van der Waals surface area contributed by atoms with Crippen molar-refractivity contribution in [1.82, 2.24) is 0 Å². The van der Waals surface area contributed by atoms with Gasteiger partial charge in [-0.3, -0.25) is 0 Å². The van der Waals surface area contributed by atoms with Crippen molar-refractivity contribution in [2.75, 3.05) is 0 Å². The van der Waals surface area contributed by atoms with Gasteiger partial charge in [0.2, 0.25) is 0 Å². The SMILES string of the molecule is CCCc1c2c(c(CCC)c3cc(C)ccc13)-c1cccc3cccc-2c13. The molecule has 1 aliphatic rings. The van der Waals surface area contributed by atoms with Crippen LogP contribution < -0.4 is 0 Å². The Morgan fingerprint density at radius 2 is 1.26 bits per heavy atom. The summed E-state index contributed by atoms with van der Waals surface area (Å²) in [7, 11) is 0. The van der Waals surface area contributed by atoms with Gasteiger partial charge in [0.1, 0.15) is 0 Å². The lowest BCUT2D eigenvalue weighted by Gasteiger charge is -2.20. The van der Waals surface area contributed by atoms with E-state index in [9.17, 15) is 0 Å². The van der Waals surface area contributed by atoms with Crippen LogP contribution in [-0.2, 0) is 12.8 Å². The van der Waals surface area contributed by atoms with Crippen molar-refractivity contribution < 1.29 is 0 Å². The van der Waals surface area contributed by atoms with Gasteiger partial charge in [0.15, 0.2) is 0 Å². The van der Waals surface area contributed by atoms with Crippen LogP contribution in [0, 0.1) is 6.92 Å². The Morgan fingerprint density at radius 3 is 1.85 bits per heavy atom. The molecule has 27 heavy (non-hydrogen) atoms. The Bertz CT molecular complexity index is 1190. The fourth-order valence-corrected chi connectivity index (χ4v) is 5.11. The first-order valence-electron chi connectivity index (χ1n) is 10.3. The van der Waals surface area contributed by atoms with Gasteiger partial charge in [-0.25, -0.2) is 0 Å². The standard InChI is InChI=1S/C27H26/c1-4-8-20-19-15-14-17(3)16-24(19)21(9-5-2)27-23-13-7-11-18-10-6-12-22(25(18)23)26(20)27/h6-7,10-16H,4-5,8-9H2,1-3H3. The molecule has 0 aromatic heterocycles. The van der Waals surface area contributed by atoms with Gasteiger partial charge in [0.05, 0.1) is 0 Å². The maximum absolute atomic E-state index is 2.42. The molecule has 4 aromatic rings. The lowest BCUT2D eigenvalue weighted by atomic mass is 9.84. The van der Waals surface area contributed by atoms with Gasteiger partial charge in [0, 0.05) is 0 Å². The Morgan fingerprint density at radius 1 is 0.667 bits per heavy atom. The van der Waals surface area contributed by atoms with Crippen molar-refractivity contribution in [1.29, 1.82) is 0 Å². The number of hydrogen-bond acceptors (Lipinski definition) is 0. The van der Waals surface area contributed by atoms with Crippen LogP contribution in [0.15, 0.2) is 54.6 Å². The van der Waals surface area contributed by atoms with Crippen LogP contribution in [0.2, 0.25) is 0 Å². The third kappa shape index (κ3) is 2.29. The van der Waals surface area contributed by atoms with E-state index in [-0.39, 0.29) is 0 Å². The molecular weight excluding hydrogens is 324 g/mol. The Balaban J connectivity index is 2.03. The zero-order chi connectivity index (χ0) is 18.5. The van der Waals surface area contributed by atoms with Crippen molar-refractivity contribution >= 4 is 21.5 Å². The second kappa shape index (κ2) is 6.23. The quantitative estimate of drug-likeness (QED) is 0.309. The van der Waals surface area contributed by atoms with Crippen LogP contribution in [0.1, 0.15) is 43.4 Å². The van der Waals surface area contributed by atoms with Gasteiger partial charge in [0.25, 0.3) is 0 Å². The molecule has 0 heteroatoms. The van der Waals surface area contributed by atoms with Crippen LogP contribution in [0.25, 0.3) is 43.8 Å². The molecule has 0 spiro atoms. The van der Waals surface area contributed by atoms with Gasteiger partial charge in [-0.05, 0) is 74.7 Å². The summed E-state index contributed by atoms with van der Waals surface area (Å²) >= 11 is 0. The second-order valence-corrected chi connectivity index (χ2v) is 7.97. The summed E-state index contributed by atoms with van der Waals surface area (Å²) in [5.41, 5.74) is 10.4. The number of rotatable bonds is 4. The highest BCUT2D eigenvalue weighted by Crippen LogP contribution is 2.53. The third-order valence-electron chi connectivity index (χ3n) is 6.12. The van der Waals surface area contributed by atoms with E-state index in [0.717, 1.165) is 12.8 Å². The van der Waals surface area contributed by atoms with E-state index in [1.807, 2.05) is 0 Å². The molecule has 0 saturated heterocycles. The van der Waals surface area contributed by atoms with E-state index in [1.165, 1.54) is 62.2 Å². The molecule has 0 nitrogen and oxygen atoms in total. The minimum absolute atomic E-state index is 1.14. The van der Waals surface area contributed by atoms with Crippen molar-refractivity contribution in [3.8, 4) is 22.3 Å². The van der Waals surface area contributed by atoms with Crippen molar-refractivity contribution in [2.45, 2.75) is 46.5 Å². The van der Waals surface area contributed by atoms with Gasteiger partial charge in [-0.2, -0.15) is 0 Å². The number of aryl methyl sites for hydroxylation is 3. The van der Waals surface area contributed by atoms with Crippen LogP contribution in [-0.4, -0.2) is 0 Å². The maximum atomic E-state index is 2.42. The molecule has 0 radical (unpaired) electrons. The van der Waals surface area contributed by atoms with E-state index in [0.29, 0.717) is 0 Å². The zero-order valence-electron chi connectivity index (χ0n) is 16.5. The third-order valence-corrected chi connectivity index (χ3v) is 6.12. The molecule has 0 aliphatic heterocycles. The van der Waals surface area contributed by atoms with E-state index in [4.69, 9.17) is 0 Å². The fourth-order valence-electron chi connectivity index (χ4n) is 5.11. The summed E-state index contributed by atoms with van der Waals surface area (Å²) in [6.45, 7) is 6.82. The Kier molecular flexibility index (Phi) is 3.82. The van der Waals surface area contributed by atoms with E-state index < -0.39 is 0 Å². The first-order chi connectivity index (χ1) is 13.2. The lowest BCUT2D eigenvalue weighted by Crippen LogP contribution is -1.99. The van der Waals surface area contributed by atoms with Gasteiger partial charge < -0.3 is 0 Å². The molecule has 0 heterocycles. The highest BCUT2D eigenvalue weighted by atomic mass is 14.3. The van der Waals surface area contributed by atoms with Crippen LogP contribution in [0.4, 0.5) is 0 Å². The van der Waals surface area contributed by atoms with E-state index in [2.05, 4.69) is 75.4 Å². The van der Waals surface area contributed by atoms with Crippen molar-refractivity contribution in [3.05, 3.63) is 71.3 Å². The minimum Gasteiger partial charge on any atom is -0.0651 e. The summed E-state index contributed by atoms with van der Waals surface area (Å²) in [6.07, 6.45) is 4.63. The molecule has 0 N–H and O–H groups in total. The van der Waals surface area contributed by atoms with Gasteiger partial charge >= 0.3 is 0 Å². The van der Waals surface area contributed by atoms with E-state index >= 15 is 0 Å². The summed E-state index contributed by atoms with van der Waals surface area (Å²) in [5.74, 6) is 0. The number of benzene rings is 4. The summed E-state index contributed by atoms with van der Waals surface area (Å²) in [6, 6.07) is 20.7. The average molecular weight is 351 g/mol. The zero-order valence-corrected chi connectivity index (χ0v) is 16.5. The molecule has 0 atom stereocenters. The first kappa shape index (κ1) is 16.6. The highest BCUT2D eigenvalue weighted by molar-refractivity contribution is 6.20. The van der Waals surface area contributed by atoms with Crippen molar-refractivity contribution in [2.24, 2.45) is 0 Å². The fraction of sp³-hybridized carbons (Fsp3) is 0.259. The average Bonchev–Trinajstić information content (AvgIpc) is 3.01. The normalized spacial score (nSPS) is 12.1. The smallest absolute Gasteiger partial charge is 0.00262 e. The molecule has 0 amide bonds. The molecule has 134 valence electrons. The van der Waals surface area contributed by atoms with Crippen LogP contribution in [0.3, 0.4) is 0 Å². The molecule has 0 bridgehead atoms. The lowest BCUT2D eigenvalue weighted by molar-refractivity contribution is 0.920. The summed E-state index contributed by atoms with van der Waals surface area (Å²) in [5, 5.41) is 5.77.